The quantitative estimate of drug-likeness (QED) is 0.236. The standard InChI is InChI=1S/C32H28F2N4O2/c1-18-14-26(29(19-8-6-5-7-9-19)37-28(18)20-10-12-21(35-4)13-11-20)36-31(40)38-30-22-15-24(33)25(34)16-23(22)32(2,3)17-27(30)39/h5-16,27,30,39H,17H2,1-3H3,(H2,36,38,40)/t27-,30?/m1/s1. The van der Waals surface area contributed by atoms with E-state index in [9.17, 15) is 18.7 Å². The van der Waals surface area contributed by atoms with E-state index in [-0.39, 0.29) is 6.42 Å². The molecule has 0 saturated heterocycles. The van der Waals surface area contributed by atoms with Gasteiger partial charge in [0, 0.05) is 5.56 Å². The number of carbonyl (C=O) groups excluding carboxylic acids is 1. The van der Waals surface area contributed by atoms with Gasteiger partial charge in [-0.3, -0.25) is 0 Å². The number of pyridine rings is 1. The van der Waals surface area contributed by atoms with Gasteiger partial charge in [-0.2, -0.15) is 0 Å². The predicted molar refractivity (Wildman–Crippen MR) is 151 cm³/mol. The fraction of sp³-hybridized carbons (Fsp3) is 0.219. The first-order valence-electron chi connectivity index (χ1n) is 12.9. The van der Waals surface area contributed by atoms with Crippen LogP contribution >= 0.6 is 0 Å². The van der Waals surface area contributed by atoms with Gasteiger partial charge in [-0.25, -0.2) is 23.4 Å². The number of fused-ring (bicyclic) bond motifs is 1. The number of aryl methyl sites for hydroxylation is 1. The molecule has 1 unspecified atom stereocenters. The van der Waals surface area contributed by atoms with Crippen LogP contribution in [0.2, 0.25) is 0 Å². The van der Waals surface area contributed by atoms with E-state index >= 15 is 0 Å². The molecular formula is C32H28F2N4O2. The lowest BCUT2D eigenvalue weighted by molar-refractivity contribution is 0.0878. The van der Waals surface area contributed by atoms with Crippen LogP contribution in [0.25, 0.3) is 27.4 Å². The molecule has 0 spiro atoms. The number of carbonyl (C=O) groups is 1. The van der Waals surface area contributed by atoms with Gasteiger partial charge in [0.2, 0.25) is 0 Å². The lowest BCUT2D eigenvalue weighted by Gasteiger charge is -2.40. The lowest BCUT2D eigenvalue weighted by Crippen LogP contribution is -2.45. The van der Waals surface area contributed by atoms with Crippen molar-refractivity contribution < 1.29 is 18.7 Å². The molecule has 3 aromatic carbocycles. The van der Waals surface area contributed by atoms with E-state index in [0.29, 0.717) is 33.9 Å². The van der Waals surface area contributed by atoms with Crippen LogP contribution in [0.1, 0.15) is 43.0 Å². The minimum absolute atomic E-state index is 0.257. The molecular weight excluding hydrogens is 510 g/mol. The second-order valence-corrected chi connectivity index (χ2v) is 10.7. The van der Waals surface area contributed by atoms with Crippen LogP contribution in [0.15, 0.2) is 72.8 Å². The Balaban J connectivity index is 1.50. The molecule has 1 aliphatic rings. The van der Waals surface area contributed by atoms with Gasteiger partial charge in [-0.15, -0.1) is 0 Å². The Morgan fingerprint density at radius 3 is 2.33 bits per heavy atom. The van der Waals surface area contributed by atoms with Gasteiger partial charge in [0.25, 0.3) is 0 Å². The van der Waals surface area contributed by atoms with E-state index < -0.39 is 35.2 Å². The molecule has 0 fully saturated rings. The Morgan fingerprint density at radius 1 is 1.00 bits per heavy atom. The van der Waals surface area contributed by atoms with Crippen LogP contribution < -0.4 is 10.6 Å². The topological polar surface area (TPSA) is 78.6 Å². The number of aromatic nitrogens is 1. The lowest BCUT2D eigenvalue weighted by atomic mass is 9.69. The van der Waals surface area contributed by atoms with E-state index in [2.05, 4.69) is 15.5 Å². The zero-order chi connectivity index (χ0) is 28.6. The van der Waals surface area contributed by atoms with Crippen LogP contribution in [-0.2, 0) is 5.41 Å². The molecule has 0 saturated carbocycles. The zero-order valence-electron chi connectivity index (χ0n) is 22.3. The molecule has 1 aliphatic carbocycles. The number of aliphatic hydroxyl groups excluding tert-OH is 1. The smallest absolute Gasteiger partial charge is 0.319 e. The molecule has 0 bridgehead atoms. The third-order valence-corrected chi connectivity index (χ3v) is 7.33. The first-order valence-corrected chi connectivity index (χ1v) is 12.9. The van der Waals surface area contributed by atoms with E-state index in [0.717, 1.165) is 28.8 Å². The Labute approximate surface area is 231 Å². The summed E-state index contributed by atoms with van der Waals surface area (Å²) in [7, 11) is 0. The number of amides is 2. The van der Waals surface area contributed by atoms with Crippen molar-refractivity contribution in [3.05, 3.63) is 113 Å². The molecule has 0 radical (unpaired) electrons. The third-order valence-electron chi connectivity index (χ3n) is 7.33. The Bertz CT molecular complexity index is 1630. The fourth-order valence-electron chi connectivity index (χ4n) is 5.35. The van der Waals surface area contributed by atoms with Gasteiger partial charge in [-0.05, 0) is 59.2 Å². The summed E-state index contributed by atoms with van der Waals surface area (Å²) in [6.45, 7) is 12.8. The molecule has 8 heteroatoms. The van der Waals surface area contributed by atoms with Crippen molar-refractivity contribution in [3.63, 3.8) is 0 Å². The molecule has 1 aromatic heterocycles. The molecule has 5 rings (SSSR count). The largest absolute Gasteiger partial charge is 0.391 e. The van der Waals surface area contributed by atoms with Crippen LogP contribution in [0, 0.1) is 25.1 Å². The Kier molecular flexibility index (Phi) is 7.09. The number of urea groups is 1. The number of hydrogen-bond acceptors (Lipinski definition) is 3. The number of benzene rings is 3. The van der Waals surface area contributed by atoms with Crippen molar-refractivity contribution in [2.45, 2.75) is 44.8 Å². The summed E-state index contributed by atoms with van der Waals surface area (Å²) in [6.07, 6.45) is -0.750. The second-order valence-electron chi connectivity index (χ2n) is 10.7. The maximum absolute atomic E-state index is 14.2. The van der Waals surface area contributed by atoms with Gasteiger partial charge in [-0.1, -0.05) is 68.4 Å². The number of hydrogen-bond donors (Lipinski definition) is 3. The summed E-state index contributed by atoms with van der Waals surface area (Å²) in [4.78, 5) is 21.7. The highest BCUT2D eigenvalue weighted by Gasteiger charge is 2.40. The summed E-state index contributed by atoms with van der Waals surface area (Å²) >= 11 is 0. The number of rotatable bonds is 4. The van der Waals surface area contributed by atoms with Crippen LogP contribution in [-0.4, -0.2) is 22.2 Å². The molecule has 1 heterocycles. The fourth-order valence-corrected chi connectivity index (χ4v) is 5.35. The Morgan fingerprint density at radius 2 is 1.65 bits per heavy atom. The van der Waals surface area contributed by atoms with Gasteiger partial charge < -0.3 is 15.7 Å². The first-order chi connectivity index (χ1) is 19.1. The van der Waals surface area contributed by atoms with Crippen LogP contribution in [0.5, 0.6) is 0 Å². The maximum Gasteiger partial charge on any atom is 0.319 e. The average molecular weight is 539 g/mol. The number of nitrogens with one attached hydrogen (secondary N) is 2. The highest BCUT2D eigenvalue weighted by molar-refractivity contribution is 5.94. The Hall–Kier alpha value is -4.61. The van der Waals surface area contributed by atoms with Gasteiger partial charge in [0.05, 0.1) is 35.8 Å². The summed E-state index contributed by atoms with van der Waals surface area (Å²) in [5.41, 5.74) is 4.89. The van der Waals surface area contributed by atoms with E-state index in [1.54, 1.807) is 12.1 Å². The minimum Gasteiger partial charge on any atom is -0.391 e. The van der Waals surface area contributed by atoms with Crippen molar-refractivity contribution >= 4 is 17.4 Å². The van der Waals surface area contributed by atoms with E-state index in [1.165, 1.54) is 0 Å². The monoisotopic (exact) mass is 538 g/mol. The SMILES string of the molecule is [C-]#[N+]c1ccc(-c2nc(-c3ccccc3)c(NC(=O)NC3c4cc(F)c(F)cc4C(C)(C)C[C@H]3O)cc2C)cc1. The number of halogens is 2. The highest BCUT2D eigenvalue weighted by Crippen LogP contribution is 2.42. The predicted octanol–water partition coefficient (Wildman–Crippen LogP) is 7.46. The summed E-state index contributed by atoms with van der Waals surface area (Å²) in [6, 6.07) is 19.0. The molecule has 3 N–H and O–H groups in total. The second kappa shape index (κ2) is 10.5. The van der Waals surface area contributed by atoms with Crippen molar-refractivity contribution in [2.24, 2.45) is 0 Å². The van der Waals surface area contributed by atoms with Crippen LogP contribution in [0.4, 0.5) is 25.0 Å². The zero-order valence-corrected chi connectivity index (χ0v) is 22.3. The van der Waals surface area contributed by atoms with Gasteiger partial charge in [0.1, 0.15) is 0 Å². The molecule has 0 aliphatic heterocycles. The third kappa shape index (κ3) is 5.16. The van der Waals surface area contributed by atoms with Crippen molar-refractivity contribution in [3.8, 4) is 22.5 Å². The number of nitrogens with zero attached hydrogens (tertiary/aromatic N) is 2. The average Bonchev–Trinajstić information content (AvgIpc) is 2.93. The summed E-state index contributed by atoms with van der Waals surface area (Å²) < 4.78 is 28.3. The number of aliphatic hydroxyl groups is 1. The molecule has 202 valence electrons. The molecule has 2 amide bonds. The molecule has 40 heavy (non-hydrogen) atoms. The molecule has 6 nitrogen and oxygen atoms in total. The van der Waals surface area contributed by atoms with E-state index in [4.69, 9.17) is 11.6 Å². The minimum atomic E-state index is -1.04. The van der Waals surface area contributed by atoms with Crippen LogP contribution in [0.3, 0.4) is 0 Å². The maximum atomic E-state index is 14.2. The van der Waals surface area contributed by atoms with Crippen molar-refractivity contribution in [2.75, 3.05) is 5.32 Å². The van der Waals surface area contributed by atoms with Gasteiger partial charge in [0.15, 0.2) is 17.3 Å². The number of anilines is 1. The normalized spacial score (nSPS) is 17.4. The van der Waals surface area contributed by atoms with Gasteiger partial charge >= 0.3 is 6.03 Å². The summed E-state index contributed by atoms with van der Waals surface area (Å²) in [5.74, 6) is -2.01. The molecule has 2 atom stereocenters. The first kappa shape index (κ1) is 27.0. The van der Waals surface area contributed by atoms with Crippen molar-refractivity contribution in [1.29, 1.82) is 0 Å². The van der Waals surface area contributed by atoms with Crippen molar-refractivity contribution in [1.82, 2.24) is 10.3 Å². The molecule has 4 aromatic rings. The summed E-state index contributed by atoms with van der Waals surface area (Å²) in [5, 5.41) is 16.5. The highest BCUT2D eigenvalue weighted by atomic mass is 19.2. The van der Waals surface area contributed by atoms with E-state index in [1.807, 2.05) is 69.3 Å².